The highest BCUT2D eigenvalue weighted by Crippen LogP contribution is 1.74. The molecule has 0 aromatic carbocycles. The number of methoxy groups -OCH3 is 1. The first-order valence-electron chi connectivity index (χ1n) is 2.88. The van der Waals surface area contributed by atoms with Crippen molar-refractivity contribution >= 4 is 17.9 Å². The fraction of sp³-hybridized carbons (Fsp3) is 0.500. The third kappa shape index (κ3) is 23.7. The van der Waals surface area contributed by atoms with Crippen molar-refractivity contribution in [3.63, 3.8) is 0 Å². The molecule has 0 aliphatic rings. The van der Waals surface area contributed by atoms with Crippen LogP contribution in [-0.4, -0.2) is 35.2 Å². The van der Waals surface area contributed by atoms with Crippen LogP contribution in [0.5, 0.6) is 0 Å². The van der Waals surface area contributed by atoms with E-state index < -0.39 is 18.4 Å². The SMILES string of the molecule is COC(C)=O.O=C(O)CC(=O)O. The molecule has 0 aliphatic carbocycles. The smallest absolute Gasteiger partial charge is 0.314 e. The predicted molar refractivity (Wildman–Crippen MR) is 37.6 cm³/mol. The molecule has 0 aromatic heterocycles. The van der Waals surface area contributed by atoms with Crippen LogP contribution in [0.4, 0.5) is 0 Å². The summed E-state index contributed by atoms with van der Waals surface area (Å²) in [4.78, 5) is 28.4. The molecule has 0 aromatic rings. The summed E-state index contributed by atoms with van der Waals surface area (Å²) < 4.78 is 4.11. The van der Waals surface area contributed by atoms with Crippen LogP contribution in [0.2, 0.25) is 0 Å². The molecule has 0 radical (unpaired) electrons. The summed E-state index contributed by atoms with van der Waals surface area (Å²) >= 11 is 0. The highest BCUT2D eigenvalue weighted by Gasteiger charge is 2.01. The standard InChI is InChI=1S/C3H4O4.C3H6O2/c4-2(5)1-3(6)7;1-3(4)5-2/h1H2,(H,4,5)(H,6,7);1-2H3. The Kier molecular flexibility index (Phi) is 8.16. The summed E-state index contributed by atoms with van der Waals surface area (Å²) in [5.74, 6) is -2.87. The topological polar surface area (TPSA) is 101 Å². The number of ether oxygens (including phenoxy) is 1. The van der Waals surface area contributed by atoms with Gasteiger partial charge in [0.1, 0.15) is 6.42 Å². The highest BCUT2D eigenvalue weighted by molar-refractivity contribution is 5.88. The van der Waals surface area contributed by atoms with Crippen molar-refractivity contribution in [3.8, 4) is 0 Å². The van der Waals surface area contributed by atoms with Gasteiger partial charge < -0.3 is 14.9 Å². The summed E-state index contributed by atoms with van der Waals surface area (Å²) in [6.07, 6.45) is -0.806. The Morgan fingerprint density at radius 3 is 1.42 bits per heavy atom. The summed E-state index contributed by atoms with van der Waals surface area (Å²) in [7, 11) is 1.35. The van der Waals surface area contributed by atoms with Crippen LogP contribution in [0.1, 0.15) is 13.3 Å². The number of carboxylic acids is 2. The molecule has 0 bridgehead atoms. The van der Waals surface area contributed by atoms with Gasteiger partial charge in [0, 0.05) is 6.92 Å². The van der Waals surface area contributed by atoms with E-state index in [1.54, 1.807) is 0 Å². The maximum absolute atomic E-state index is 9.59. The molecule has 0 rings (SSSR count). The molecule has 70 valence electrons. The normalized spacial score (nSPS) is 7.50. The minimum absolute atomic E-state index is 0.245. The molecule has 0 saturated carbocycles. The maximum Gasteiger partial charge on any atom is 0.314 e. The fourth-order valence-corrected chi connectivity index (χ4v) is 0.129. The third-order valence-corrected chi connectivity index (χ3v) is 0.590. The lowest BCUT2D eigenvalue weighted by Crippen LogP contribution is -2.03. The van der Waals surface area contributed by atoms with E-state index in [0.29, 0.717) is 0 Å². The molecule has 2 N–H and O–H groups in total. The zero-order valence-electron chi connectivity index (χ0n) is 6.73. The number of aliphatic carboxylic acids is 2. The van der Waals surface area contributed by atoms with E-state index in [4.69, 9.17) is 10.2 Å². The first-order valence-corrected chi connectivity index (χ1v) is 2.88. The van der Waals surface area contributed by atoms with Gasteiger partial charge in [-0.1, -0.05) is 0 Å². The van der Waals surface area contributed by atoms with Crippen molar-refractivity contribution in [3.05, 3.63) is 0 Å². The lowest BCUT2D eigenvalue weighted by molar-refractivity contribution is -0.147. The van der Waals surface area contributed by atoms with Crippen molar-refractivity contribution in [2.75, 3.05) is 7.11 Å². The van der Waals surface area contributed by atoms with Gasteiger partial charge in [0.15, 0.2) is 0 Å². The molecule has 0 unspecified atom stereocenters. The molecule has 0 heterocycles. The third-order valence-electron chi connectivity index (χ3n) is 0.590. The molecule has 0 fully saturated rings. The number of carboxylic acid groups (broad SMARTS) is 2. The molecule has 0 saturated heterocycles. The summed E-state index contributed by atoms with van der Waals surface area (Å²) in [6.45, 7) is 1.36. The van der Waals surface area contributed by atoms with Gasteiger partial charge in [0.05, 0.1) is 7.11 Å². The van der Waals surface area contributed by atoms with Crippen LogP contribution in [0, 0.1) is 0 Å². The molecule has 0 spiro atoms. The van der Waals surface area contributed by atoms with E-state index in [-0.39, 0.29) is 5.97 Å². The maximum atomic E-state index is 9.59. The summed E-state index contributed by atoms with van der Waals surface area (Å²) in [5.41, 5.74) is 0. The van der Waals surface area contributed by atoms with Gasteiger partial charge in [-0.3, -0.25) is 14.4 Å². The number of hydrogen-bond donors (Lipinski definition) is 2. The zero-order chi connectivity index (χ0) is 10.1. The van der Waals surface area contributed by atoms with E-state index >= 15 is 0 Å². The molecular weight excluding hydrogens is 168 g/mol. The van der Waals surface area contributed by atoms with Crippen molar-refractivity contribution in [1.82, 2.24) is 0 Å². The van der Waals surface area contributed by atoms with Crippen LogP contribution in [0.3, 0.4) is 0 Å². The van der Waals surface area contributed by atoms with Gasteiger partial charge in [-0.15, -0.1) is 0 Å². The van der Waals surface area contributed by atoms with Crippen LogP contribution < -0.4 is 0 Å². The molecular formula is C6H10O6. The van der Waals surface area contributed by atoms with E-state index in [0.717, 1.165) is 0 Å². The van der Waals surface area contributed by atoms with Crippen molar-refractivity contribution in [2.45, 2.75) is 13.3 Å². The highest BCUT2D eigenvalue weighted by atomic mass is 16.5. The second-order valence-electron chi connectivity index (χ2n) is 1.66. The number of carbonyl (C=O) groups excluding carboxylic acids is 1. The van der Waals surface area contributed by atoms with Gasteiger partial charge in [-0.25, -0.2) is 0 Å². The Morgan fingerprint density at radius 2 is 1.42 bits per heavy atom. The monoisotopic (exact) mass is 178 g/mol. The van der Waals surface area contributed by atoms with Crippen molar-refractivity contribution < 1.29 is 29.3 Å². The van der Waals surface area contributed by atoms with E-state index in [1.165, 1.54) is 14.0 Å². The van der Waals surface area contributed by atoms with Gasteiger partial charge >= 0.3 is 17.9 Å². The Labute approximate surface area is 68.8 Å². The predicted octanol–water partition coefficient (Wildman–Crippen LogP) is -0.275. The largest absolute Gasteiger partial charge is 0.481 e. The number of carbonyl (C=O) groups is 3. The summed E-state index contributed by atoms with van der Waals surface area (Å²) in [5, 5.41) is 15.4. The second kappa shape index (κ2) is 7.52. The minimum Gasteiger partial charge on any atom is -0.481 e. The second-order valence-corrected chi connectivity index (χ2v) is 1.66. The molecule has 6 nitrogen and oxygen atoms in total. The average Bonchev–Trinajstić information content (AvgIpc) is 1.85. The summed E-state index contributed by atoms with van der Waals surface area (Å²) in [6, 6.07) is 0. The first kappa shape index (κ1) is 13.0. The lowest BCUT2D eigenvalue weighted by atomic mass is 10.5. The molecule has 0 amide bonds. The Morgan fingerprint density at radius 1 is 1.17 bits per heavy atom. The van der Waals surface area contributed by atoms with E-state index in [1.807, 2.05) is 0 Å². The van der Waals surface area contributed by atoms with Crippen LogP contribution in [0.25, 0.3) is 0 Å². The molecule has 12 heavy (non-hydrogen) atoms. The van der Waals surface area contributed by atoms with E-state index in [2.05, 4.69) is 4.74 Å². The van der Waals surface area contributed by atoms with Gasteiger partial charge in [0.25, 0.3) is 0 Å². The number of rotatable bonds is 2. The van der Waals surface area contributed by atoms with Gasteiger partial charge in [-0.05, 0) is 0 Å². The van der Waals surface area contributed by atoms with Crippen molar-refractivity contribution in [1.29, 1.82) is 0 Å². The molecule has 0 aliphatic heterocycles. The number of esters is 1. The fourth-order valence-electron chi connectivity index (χ4n) is 0.129. The number of hydrogen-bond acceptors (Lipinski definition) is 4. The quantitative estimate of drug-likeness (QED) is 0.445. The van der Waals surface area contributed by atoms with Crippen LogP contribution >= 0.6 is 0 Å². The zero-order valence-corrected chi connectivity index (χ0v) is 6.73. The van der Waals surface area contributed by atoms with Crippen molar-refractivity contribution in [2.24, 2.45) is 0 Å². The van der Waals surface area contributed by atoms with Gasteiger partial charge in [0.2, 0.25) is 0 Å². The first-order chi connectivity index (χ1) is 5.40. The molecule has 6 heteroatoms. The molecule has 0 atom stereocenters. The Hall–Kier alpha value is -1.59. The van der Waals surface area contributed by atoms with Crippen LogP contribution in [0.15, 0.2) is 0 Å². The van der Waals surface area contributed by atoms with E-state index in [9.17, 15) is 14.4 Å². The van der Waals surface area contributed by atoms with Gasteiger partial charge in [-0.2, -0.15) is 0 Å². The average molecular weight is 178 g/mol. The Bertz CT molecular complexity index is 161. The lowest BCUT2D eigenvalue weighted by Gasteiger charge is -1.80. The minimum atomic E-state index is -1.31. The Balaban J connectivity index is 0. The van der Waals surface area contributed by atoms with Crippen LogP contribution in [-0.2, 0) is 19.1 Å².